The van der Waals surface area contributed by atoms with E-state index < -0.39 is 0 Å². The average molecular weight is 273 g/mol. The molecule has 0 aromatic heterocycles. The summed E-state index contributed by atoms with van der Waals surface area (Å²) in [6, 6.07) is 12.3. The van der Waals surface area contributed by atoms with Crippen LogP contribution in [0.15, 0.2) is 42.5 Å². The van der Waals surface area contributed by atoms with Gasteiger partial charge >= 0.3 is 0 Å². The summed E-state index contributed by atoms with van der Waals surface area (Å²) >= 11 is 0. The molecule has 3 heteroatoms. The maximum absolute atomic E-state index is 13.1. The van der Waals surface area contributed by atoms with Crippen LogP contribution in [0.25, 0.3) is 0 Å². The van der Waals surface area contributed by atoms with E-state index in [2.05, 4.69) is 5.32 Å². The number of halogens is 1. The SMILES string of the molecule is Cc1ccc(O)c(C(C)NCCc2cccc(F)c2)c1. The smallest absolute Gasteiger partial charge is 0.123 e. The first kappa shape index (κ1) is 14.5. The van der Waals surface area contributed by atoms with Gasteiger partial charge in [-0.2, -0.15) is 0 Å². The van der Waals surface area contributed by atoms with E-state index in [0.717, 1.165) is 29.7 Å². The van der Waals surface area contributed by atoms with Crippen molar-refractivity contribution in [1.29, 1.82) is 0 Å². The van der Waals surface area contributed by atoms with Gasteiger partial charge in [-0.3, -0.25) is 0 Å². The fraction of sp³-hybridized carbons (Fsp3) is 0.294. The number of hydrogen-bond donors (Lipinski definition) is 2. The van der Waals surface area contributed by atoms with Crippen LogP contribution < -0.4 is 5.32 Å². The molecule has 2 aromatic rings. The normalized spacial score (nSPS) is 12.3. The van der Waals surface area contributed by atoms with Crippen LogP contribution in [0, 0.1) is 12.7 Å². The topological polar surface area (TPSA) is 32.3 Å². The van der Waals surface area contributed by atoms with Crippen molar-refractivity contribution in [1.82, 2.24) is 5.32 Å². The minimum Gasteiger partial charge on any atom is -0.508 e. The zero-order chi connectivity index (χ0) is 14.5. The van der Waals surface area contributed by atoms with Crippen molar-refractivity contribution in [3.63, 3.8) is 0 Å². The average Bonchev–Trinajstić information content (AvgIpc) is 2.41. The first-order chi connectivity index (χ1) is 9.56. The molecule has 0 aliphatic carbocycles. The third-order valence-corrected chi connectivity index (χ3v) is 3.40. The van der Waals surface area contributed by atoms with E-state index in [1.165, 1.54) is 6.07 Å². The third-order valence-electron chi connectivity index (χ3n) is 3.40. The molecule has 0 aliphatic heterocycles. The second-order valence-corrected chi connectivity index (χ2v) is 5.12. The van der Waals surface area contributed by atoms with Gasteiger partial charge in [0.2, 0.25) is 0 Å². The fourth-order valence-electron chi connectivity index (χ4n) is 2.26. The molecule has 2 aromatic carbocycles. The Morgan fingerprint density at radius 3 is 2.75 bits per heavy atom. The molecule has 20 heavy (non-hydrogen) atoms. The first-order valence-electron chi connectivity index (χ1n) is 6.83. The highest BCUT2D eigenvalue weighted by atomic mass is 19.1. The zero-order valence-electron chi connectivity index (χ0n) is 11.9. The summed E-state index contributed by atoms with van der Waals surface area (Å²) in [4.78, 5) is 0. The number of aryl methyl sites for hydroxylation is 1. The predicted molar refractivity (Wildman–Crippen MR) is 79.4 cm³/mol. The second kappa shape index (κ2) is 6.53. The largest absolute Gasteiger partial charge is 0.508 e. The van der Waals surface area contributed by atoms with Gasteiger partial charge in [0.1, 0.15) is 11.6 Å². The van der Waals surface area contributed by atoms with E-state index in [1.807, 2.05) is 32.0 Å². The fourth-order valence-corrected chi connectivity index (χ4v) is 2.26. The quantitative estimate of drug-likeness (QED) is 0.870. The Kier molecular flexibility index (Phi) is 4.74. The monoisotopic (exact) mass is 273 g/mol. The summed E-state index contributed by atoms with van der Waals surface area (Å²) in [7, 11) is 0. The highest BCUT2D eigenvalue weighted by Gasteiger charge is 2.09. The highest BCUT2D eigenvalue weighted by molar-refractivity contribution is 5.37. The maximum Gasteiger partial charge on any atom is 0.123 e. The Bertz CT molecular complexity index is 583. The molecule has 0 aliphatic rings. The second-order valence-electron chi connectivity index (χ2n) is 5.12. The molecule has 0 amide bonds. The Morgan fingerprint density at radius 1 is 1.20 bits per heavy atom. The lowest BCUT2D eigenvalue weighted by Gasteiger charge is -2.16. The number of aromatic hydroxyl groups is 1. The lowest BCUT2D eigenvalue weighted by atomic mass is 10.0. The number of phenols is 1. The van der Waals surface area contributed by atoms with Gasteiger partial charge in [0.05, 0.1) is 0 Å². The van der Waals surface area contributed by atoms with Gasteiger partial charge in [0.15, 0.2) is 0 Å². The minimum atomic E-state index is -0.202. The van der Waals surface area contributed by atoms with Gasteiger partial charge in [-0.05, 0) is 50.6 Å². The Labute approximate surface area is 119 Å². The summed E-state index contributed by atoms with van der Waals surface area (Å²) < 4.78 is 13.1. The Balaban J connectivity index is 1.92. The molecule has 0 radical (unpaired) electrons. The van der Waals surface area contributed by atoms with Crippen LogP contribution in [0.1, 0.15) is 29.7 Å². The molecule has 0 fully saturated rings. The first-order valence-corrected chi connectivity index (χ1v) is 6.83. The van der Waals surface area contributed by atoms with Crippen LogP contribution in [-0.4, -0.2) is 11.7 Å². The van der Waals surface area contributed by atoms with Gasteiger partial charge < -0.3 is 10.4 Å². The molecule has 2 rings (SSSR count). The van der Waals surface area contributed by atoms with Crippen molar-refractivity contribution < 1.29 is 9.50 Å². The molecule has 0 bridgehead atoms. The van der Waals surface area contributed by atoms with Crippen LogP contribution in [0.3, 0.4) is 0 Å². The van der Waals surface area contributed by atoms with E-state index in [0.29, 0.717) is 5.75 Å². The molecule has 0 saturated heterocycles. The van der Waals surface area contributed by atoms with Gasteiger partial charge in [-0.1, -0.05) is 29.8 Å². The number of nitrogens with one attached hydrogen (secondary N) is 1. The Hall–Kier alpha value is -1.87. The lowest BCUT2D eigenvalue weighted by molar-refractivity contribution is 0.453. The third kappa shape index (κ3) is 3.81. The molecule has 1 atom stereocenters. The molecular weight excluding hydrogens is 253 g/mol. The van der Waals surface area contributed by atoms with Crippen molar-refractivity contribution in [2.45, 2.75) is 26.3 Å². The Morgan fingerprint density at radius 2 is 2.00 bits per heavy atom. The molecule has 1 unspecified atom stereocenters. The maximum atomic E-state index is 13.1. The van der Waals surface area contributed by atoms with Crippen molar-refractivity contribution in [2.75, 3.05) is 6.54 Å². The van der Waals surface area contributed by atoms with Crippen LogP contribution in [0.2, 0.25) is 0 Å². The lowest BCUT2D eigenvalue weighted by Crippen LogP contribution is -2.21. The zero-order valence-corrected chi connectivity index (χ0v) is 11.9. The molecule has 2 N–H and O–H groups in total. The minimum absolute atomic E-state index is 0.0588. The van der Waals surface area contributed by atoms with Crippen molar-refractivity contribution in [3.8, 4) is 5.75 Å². The number of hydrogen-bond acceptors (Lipinski definition) is 2. The summed E-state index contributed by atoms with van der Waals surface area (Å²) in [5, 5.41) is 13.2. The molecule has 106 valence electrons. The van der Waals surface area contributed by atoms with Crippen LogP contribution in [-0.2, 0) is 6.42 Å². The van der Waals surface area contributed by atoms with Gasteiger partial charge in [-0.25, -0.2) is 4.39 Å². The van der Waals surface area contributed by atoms with E-state index in [1.54, 1.807) is 18.2 Å². The molecular formula is C17H20FNO. The van der Waals surface area contributed by atoms with Gasteiger partial charge in [0.25, 0.3) is 0 Å². The summed E-state index contributed by atoms with van der Waals surface area (Å²) in [5.41, 5.74) is 2.99. The number of rotatable bonds is 5. The van der Waals surface area contributed by atoms with Crippen LogP contribution in [0.5, 0.6) is 5.75 Å². The summed E-state index contributed by atoms with van der Waals surface area (Å²) in [6.45, 7) is 4.75. The van der Waals surface area contributed by atoms with E-state index in [9.17, 15) is 9.50 Å². The molecule has 0 saturated carbocycles. The predicted octanol–water partition coefficient (Wildman–Crippen LogP) is 3.73. The molecule has 0 heterocycles. The van der Waals surface area contributed by atoms with E-state index in [-0.39, 0.29) is 11.9 Å². The van der Waals surface area contributed by atoms with E-state index in [4.69, 9.17) is 0 Å². The van der Waals surface area contributed by atoms with Crippen LogP contribution in [0.4, 0.5) is 4.39 Å². The van der Waals surface area contributed by atoms with Crippen molar-refractivity contribution >= 4 is 0 Å². The summed E-state index contributed by atoms with van der Waals surface area (Å²) in [5.74, 6) is 0.105. The van der Waals surface area contributed by atoms with Crippen molar-refractivity contribution in [2.24, 2.45) is 0 Å². The molecule has 0 spiro atoms. The summed E-state index contributed by atoms with van der Waals surface area (Å²) in [6.07, 6.45) is 0.759. The van der Waals surface area contributed by atoms with Crippen LogP contribution >= 0.6 is 0 Å². The highest BCUT2D eigenvalue weighted by Crippen LogP contribution is 2.24. The molecule has 2 nitrogen and oxygen atoms in total. The van der Waals surface area contributed by atoms with E-state index >= 15 is 0 Å². The standard InChI is InChI=1S/C17H20FNO/c1-12-6-7-17(20)16(10-12)13(2)19-9-8-14-4-3-5-15(18)11-14/h3-7,10-11,13,19-20H,8-9H2,1-2H3. The van der Waals surface area contributed by atoms with Gasteiger partial charge in [0, 0.05) is 11.6 Å². The number of phenolic OH excluding ortho intramolecular Hbond substituents is 1. The van der Waals surface area contributed by atoms with Crippen molar-refractivity contribution in [3.05, 3.63) is 65.0 Å². The number of benzene rings is 2. The van der Waals surface area contributed by atoms with Gasteiger partial charge in [-0.15, -0.1) is 0 Å².